The second-order valence-electron chi connectivity index (χ2n) is 3.33. The minimum Gasteiger partial charge on any atom is -0.493 e. The third kappa shape index (κ3) is 2.76. The average Bonchev–Trinajstić information content (AvgIpc) is 2.88. The van der Waals surface area contributed by atoms with Crippen molar-refractivity contribution in [2.75, 3.05) is 12.4 Å². The molecular weight excluding hydrogens is 226 g/mol. The van der Waals surface area contributed by atoms with Gasteiger partial charge < -0.3 is 4.74 Å². The molecule has 2 heterocycles. The number of hydrogen-bond donors (Lipinski definition) is 1. The zero-order valence-corrected chi connectivity index (χ0v) is 9.38. The number of amides is 2. The lowest BCUT2D eigenvalue weighted by Crippen LogP contribution is -2.18. The summed E-state index contributed by atoms with van der Waals surface area (Å²) in [4.78, 5) is 20.2. The van der Waals surface area contributed by atoms with Crippen LogP contribution in [0.3, 0.4) is 0 Å². The van der Waals surface area contributed by atoms with E-state index in [9.17, 15) is 9.59 Å². The summed E-state index contributed by atoms with van der Waals surface area (Å²) in [5.41, 5.74) is 1.34. The van der Waals surface area contributed by atoms with E-state index in [0.717, 1.165) is 30.5 Å². The van der Waals surface area contributed by atoms with Gasteiger partial charge in [-0.15, -0.1) is 0 Å². The van der Waals surface area contributed by atoms with Crippen LogP contribution >= 0.6 is 11.8 Å². The normalized spacial score (nSPS) is 17.0. The highest BCUT2D eigenvalue weighted by Gasteiger charge is 2.16. The maximum Gasteiger partial charge on any atom is 0.286 e. The van der Waals surface area contributed by atoms with E-state index < -0.39 is 0 Å². The first-order valence-electron chi connectivity index (χ1n) is 4.93. The molecule has 16 heavy (non-hydrogen) atoms. The highest BCUT2D eigenvalue weighted by molar-refractivity contribution is 8.14. The lowest BCUT2D eigenvalue weighted by atomic mass is 10.2. The minimum absolute atomic E-state index is 0.185. The summed E-state index contributed by atoms with van der Waals surface area (Å²) >= 11 is 1.01. The fourth-order valence-corrected chi connectivity index (χ4v) is 1.96. The molecule has 3 rings (SSSR count). The van der Waals surface area contributed by atoms with Gasteiger partial charge in [0, 0.05) is 6.42 Å². The maximum absolute atomic E-state index is 10.1. The van der Waals surface area contributed by atoms with E-state index >= 15 is 0 Å². The molecule has 4 nitrogen and oxygen atoms in total. The molecule has 1 N–H and O–H groups in total. The van der Waals surface area contributed by atoms with Gasteiger partial charge in [-0.05, 0) is 11.6 Å². The smallest absolute Gasteiger partial charge is 0.286 e. The van der Waals surface area contributed by atoms with Crippen LogP contribution in [0.1, 0.15) is 5.56 Å². The first kappa shape index (κ1) is 11.0. The van der Waals surface area contributed by atoms with Gasteiger partial charge in [0.1, 0.15) is 5.75 Å². The molecule has 1 saturated heterocycles. The quantitative estimate of drug-likeness (QED) is 0.744. The Balaban J connectivity index is 0.000000125. The molecule has 2 aliphatic rings. The lowest BCUT2D eigenvalue weighted by molar-refractivity contribution is -0.117. The van der Waals surface area contributed by atoms with Gasteiger partial charge in [0.2, 0.25) is 5.91 Å². The molecule has 0 unspecified atom stereocenters. The summed E-state index contributed by atoms with van der Waals surface area (Å²) in [5, 5.41) is 1.87. The van der Waals surface area contributed by atoms with Gasteiger partial charge in [0.25, 0.3) is 5.24 Å². The number of rotatable bonds is 0. The molecule has 1 fully saturated rings. The van der Waals surface area contributed by atoms with Gasteiger partial charge in [-0.1, -0.05) is 30.0 Å². The Morgan fingerprint density at radius 3 is 2.62 bits per heavy atom. The minimum atomic E-state index is -0.231. The Morgan fingerprint density at radius 1 is 1.25 bits per heavy atom. The summed E-state index contributed by atoms with van der Waals surface area (Å²) in [5.74, 6) is 1.17. The third-order valence-electron chi connectivity index (χ3n) is 2.18. The number of ether oxygens (including phenoxy) is 1. The second-order valence-corrected chi connectivity index (χ2v) is 4.28. The van der Waals surface area contributed by atoms with Gasteiger partial charge in [-0.3, -0.25) is 14.9 Å². The van der Waals surface area contributed by atoms with Crippen LogP contribution in [0.25, 0.3) is 0 Å². The van der Waals surface area contributed by atoms with Crippen molar-refractivity contribution in [3.05, 3.63) is 29.8 Å². The van der Waals surface area contributed by atoms with Gasteiger partial charge >= 0.3 is 0 Å². The van der Waals surface area contributed by atoms with Gasteiger partial charge in [0.15, 0.2) is 0 Å². The zero-order chi connectivity index (χ0) is 11.4. The fourth-order valence-electron chi connectivity index (χ4n) is 1.44. The Hall–Kier alpha value is -1.49. The van der Waals surface area contributed by atoms with E-state index in [1.165, 1.54) is 5.56 Å². The monoisotopic (exact) mass is 237 g/mol. The fraction of sp³-hybridized carbons (Fsp3) is 0.273. The van der Waals surface area contributed by atoms with Crippen molar-refractivity contribution < 1.29 is 14.3 Å². The molecule has 0 atom stereocenters. The van der Waals surface area contributed by atoms with Crippen LogP contribution in [-0.4, -0.2) is 23.5 Å². The predicted molar refractivity (Wildman–Crippen MR) is 61.6 cm³/mol. The van der Waals surface area contributed by atoms with Crippen molar-refractivity contribution in [3.8, 4) is 5.75 Å². The number of benzene rings is 1. The van der Waals surface area contributed by atoms with E-state index in [1.807, 2.05) is 18.2 Å². The van der Waals surface area contributed by atoms with Crippen molar-refractivity contribution in [2.45, 2.75) is 6.42 Å². The number of nitrogens with one attached hydrogen (secondary N) is 1. The number of carbonyl (C=O) groups excluding carboxylic acids is 2. The molecule has 2 aliphatic heterocycles. The molecule has 0 bridgehead atoms. The van der Waals surface area contributed by atoms with Crippen LogP contribution in [0.2, 0.25) is 0 Å². The van der Waals surface area contributed by atoms with E-state index in [4.69, 9.17) is 4.74 Å². The van der Waals surface area contributed by atoms with Crippen molar-refractivity contribution >= 4 is 22.9 Å². The first-order valence-corrected chi connectivity index (χ1v) is 5.91. The van der Waals surface area contributed by atoms with Crippen molar-refractivity contribution in [2.24, 2.45) is 0 Å². The van der Waals surface area contributed by atoms with Gasteiger partial charge in [0.05, 0.1) is 12.4 Å². The number of hydrogen-bond acceptors (Lipinski definition) is 4. The van der Waals surface area contributed by atoms with Crippen molar-refractivity contribution in [3.63, 3.8) is 0 Å². The highest BCUT2D eigenvalue weighted by atomic mass is 32.2. The van der Waals surface area contributed by atoms with Crippen LogP contribution < -0.4 is 10.1 Å². The molecule has 0 aliphatic carbocycles. The number of carbonyl (C=O) groups is 2. The lowest BCUT2D eigenvalue weighted by Gasteiger charge is -1.93. The van der Waals surface area contributed by atoms with Crippen LogP contribution in [0.5, 0.6) is 5.75 Å². The number of imide groups is 1. The number of para-hydroxylation sites is 1. The molecule has 0 saturated carbocycles. The Kier molecular flexibility index (Phi) is 3.46. The van der Waals surface area contributed by atoms with Gasteiger partial charge in [-0.2, -0.15) is 0 Å². The molecule has 0 aromatic heterocycles. The van der Waals surface area contributed by atoms with E-state index in [1.54, 1.807) is 0 Å². The Labute approximate surface area is 97.4 Å². The summed E-state index contributed by atoms with van der Waals surface area (Å²) in [7, 11) is 0. The summed E-state index contributed by atoms with van der Waals surface area (Å²) < 4.78 is 5.30. The summed E-state index contributed by atoms with van der Waals surface area (Å²) in [6, 6.07) is 8.18. The van der Waals surface area contributed by atoms with E-state index in [2.05, 4.69) is 11.4 Å². The topological polar surface area (TPSA) is 55.4 Å². The Bertz CT molecular complexity index is 382. The molecule has 84 valence electrons. The predicted octanol–water partition coefficient (Wildman–Crippen LogP) is 1.59. The van der Waals surface area contributed by atoms with Crippen molar-refractivity contribution in [1.29, 1.82) is 0 Å². The SMILES string of the molecule is O=C1CSC(=O)N1.c1ccc2c(c1)CCO2. The molecule has 0 radical (unpaired) electrons. The third-order valence-corrected chi connectivity index (χ3v) is 2.95. The summed E-state index contributed by atoms with van der Waals surface area (Å²) in [6.07, 6.45) is 1.08. The molecule has 1 aromatic rings. The van der Waals surface area contributed by atoms with Crippen LogP contribution in [0.4, 0.5) is 4.79 Å². The molecule has 2 amide bonds. The largest absolute Gasteiger partial charge is 0.493 e. The zero-order valence-electron chi connectivity index (χ0n) is 8.56. The van der Waals surface area contributed by atoms with E-state index in [0.29, 0.717) is 5.75 Å². The number of thioether (sulfide) groups is 1. The summed E-state index contributed by atoms with van der Waals surface area (Å²) in [6.45, 7) is 0.860. The van der Waals surface area contributed by atoms with Gasteiger partial charge in [-0.25, -0.2) is 0 Å². The molecular formula is C11H11NO3S. The van der Waals surface area contributed by atoms with Crippen LogP contribution in [0.15, 0.2) is 24.3 Å². The molecule has 0 spiro atoms. The van der Waals surface area contributed by atoms with Crippen LogP contribution in [-0.2, 0) is 11.2 Å². The first-order chi connectivity index (χ1) is 7.75. The van der Waals surface area contributed by atoms with Crippen LogP contribution in [0, 0.1) is 0 Å². The van der Waals surface area contributed by atoms with Crippen molar-refractivity contribution in [1.82, 2.24) is 5.32 Å². The second kappa shape index (κ2) is 5.03. The Morgan fingerprint density at radius 2 is 2.06 bits per heavy atom. The maximum atomic E-state index is 10.1. The average molecular weight is 237 g/mol. The number of fused-ring (bicyclic) bond motifs is 1. The molecule has 1 aromatic carbocycles. The van der Waals surface area contributed by atoms with E-state index in [-0.39, 0.29) is 11.1 Å². The molecule has 5 heteroatoms. The highest BCUT2D eigenvalue weighted by Crippen LogP contribution is 2.23. The standard InChI is InChI=1S/C8H8O.C3H3NO2S/c1-2-4-8-7(3-1)5-6-9-8;5-2-1-7-3(6)4-2/h1-4H,5-6H2;1H2,(H,4,5,6).